The largest absolute Gasteiger partial charge is 0.357 e. The fraction of sp³-hybridized carbons (Fsp3) is 0.545. The van der Waals surface area contributed by atoms with Crippen molar-refractivity contribution in [3.05, 3.63) is 54.1 Å². The molecular weight excluding hydrogens is 382 g/mol. The normalized spacial score (nSPS) is 21.0. The van der Waals surface area contributed by atoms with Crippen LogP contribution < -0.4 is 10.6 Å². The molecule has 0 radical (unpaired) electrons. The smallest absolute Gasteiger partial charge is 0.191 e. The summed E-state index contributed by atoms with van der Waals surface area (Å²) in [6.45, 7) is 6.36. The van der Waals surface area contributed by atoms with Crippen LogP contribution in [-0.4, -0.2) is 43.3 Å². The maximum atomic E-state index is 12.2. The van der Waals surface area contributed by atoms with Crippen LogP contribution in [0.5, 0.6) is 0 Å². The maximum Gasteiger partial charge on any atom is 0.191 e. The van der Waals surface area contributed by atoms with Crippen molar-refractivity contribution < 1.29 is 4.21 Å². The van der Waals surface area contributed by atoms with Crippen LogP contribution in [0.4, 0.5) is 0 Å². The molecule has 1 heterocycles. The average molecular weight is 416 g/mol. The van der Waals surface area contributed by atoms with Gasteiger partial charge in [-0.25, -0.2) is 9.98 Å². The van der Waals surface area contributed by atoms with Gasteiger partial charge in [-0.05, 0) is 37.3 Å². The van der Waals surface area contributed by atoms with Crippen LogP contribution in [-0.2, 0) is 23.9 Å². The zero-order chi connectivity index (χ0) is 20.5. The topological polar surface area (TPSA) is 71.3 Å². The van der Waals surface area contributed by atoms with Gasteiger partial charge >= 0.3 is 0 Å². The molecule has 3 rings (SSSR count). The standard InChI is InChI=1S/C22H33N5OS/c1-3-24-22(26-20-9-6-10-21(14-20)29(28)4-2)25-15-18-7-5-8-19(13-18)16-27-12-11-23-17-27/h5,7-8,11-13,17,20-21H,3-4,6,9-10,14-16H2,1-2H3,(H2,24,25,26). The molecular formula is C22H33N5OS. The third-order valence-electron chi connectivity index (χ3n) is 5.30. The van der Waals surface area contributed by atoms with E-state index in [9.17, 15) is 4.21 Å². The van der Waals surface area contributed by atoms with Gasteiger partial charge in [0.05, 0.1) is 12.9 Å². The van der Waals surface area contributed by atoms with E-state index in [4.69, 9.17) is 4.99 Å². The monoisotopic (exact) mass is 415 g/mol. The van der Waals surface area contributed by atoms with Gasteiger partial charge in [0.25, 0.3) is 0 Å². The van der Waals surface area contributed by atoms with Gasteiger partial charge < -0.3 is 15.2 Å². The fourth-order valence-electron chi connectivity index (χ4n) is 3.85. The van der Waals surface area contributed by atoms with Gasteiger partial charge in [-0.2, -0.15) is 0 Å². The predicted molar refractivity (Wildman–Crippen MR) is 120 cm³/mol. The van der Waals surface area contributed by atoms with Gasteiger partial charge in [-0.15, -0.1) is 0 Å². The second-order valence-electron chi connectivity index (χ2n) is 7.55. The van der Waals surface area contributed by atoms with E-state index in [0.29, 0.717) is 17.8 Å². The van der Waals surface area contributed by atoms with Crippen molar-refractivity contribution in [1.29, 1.82) is 0 Å². The van der Waals surface area contributed by atoms with E-state index < -0.39 is 10.8 Å². The summed E-state index contributed by atoms with van der Waals surface area (Å²) in [6, 6.07) is 8.88. The van der Waals surface area contributed by atoms with E-state index in [1.165, 1.54) is 11.1 Å². The summed E-state index contributed by atoms with van der Waals surface area (Å²) >= 11 is 0. The molecule has 1 aliphatic rings. The Hall–Kier alpha value is -2.15. The summed E-state index contributed by atoms with van der Waals surface area (Å²) in [4.78, 5) is 8.91. The number of aromatic nitrogens is 2. The highest BCUT2D eigenvalue weighted by Gasteiger charge is 2.26. The third-order valence-corrected chi connectivity index (χ3v) is 7.04. The Labute approximate surface area is 176 Å². The molecule has 158 valence electrons. The van der Waals surface area contributed by atoms with Crippen molar-refractivity contribution in [3.8, 4) is 0 Å². The Morgan fingerprint density at radius 2 is 2.17 bits per heavy atom. The average Bonchev–Trinajstić information content (AvgIpc) is 3.25. The lowest BCUT2D eigenvalue weighted by Crippen LogP contribution is -2.46. The molecule has 3 unspecified atom stereocenters. The van der Waals surface area contributed by atoms with Gasteiger partial charge in [0.2, 0.25) is 0 Å². The van der Waals surface area contributed by atoms with Gasteiger partial charge in [-0.1, -0.05) is 37.6 Å². The van der Waals surface area contributed by atoms with Crippen LogP contribution in [0.1, 0.15) is 50.7 Å². The number of rotatable bonds is 8. The zero-order valence-corrected chi connectivity index (χ0v) is 18.3. The van der Waals surface area contributed by atoms with Crippen molar-refractivity contribution in [2.24, 2.45) is 4.99 Å². The highest BCUT2D eigenvalue weighted by molar-refractivity contribution is 7.85. The van der Waals surface area contributed by atoms with E-state index in [1.54, 1.807) is 6.20 Å². The molecule has 2 aromatic rings. The van der Waals surface area contributed by atoms with E-state index >= 15 is 0 Å². The molecule has 0 aliphatic heterocycles. The summed E-state index contributed by atoms with van der Waals surface area (Å²) in [7, 11) is -0.709. The molecule has 0 amide bonds. The number of aliphatic imine (C=N–C) groups is 1. The Morgan fingerprint density at radius 3 is 2.93 bits per heavy atom. The van der Waals surface area contributed by atoms with Crippen LogP contribution in [0.3, 0.4) is 0 Å². The van der Waals surface area contributed by atoms with Crippen molar-refractivity contribution in [2.45, 2.75) is 63.9 Å². The molecule has 2 N–H and O–H groups in total. The SMILES string of the molecule is CCNC(=NCc1cccc(Cn2ccnc2)c1)NC1CCCC(S(=O)CC)C1. The minimum Gasteiger partial charge on any atom is -0.357 e. The molecule has 29 heavy (non-hydrogen) atoms. The lowest BCUT2D eigenvalue weighted by Gasteiger charge is -2.30. The molecule has 7 heteroatoms. The Morgan fingerprint density at radius 1 is 1.31 bits per heavy atom. The van der Waals surface area contributed by atoms with Crippen LogP contribution in [0.2, 0.25) is 0 Å². The minimum atomic E-state index is -0.709. The Bertz CT molecular complexity index is 805. The van der Waals surface area contributed by atoms with Crippen LogP contribution in [0.25, 0.3) is 0 Å². The molecule has 0 saturated heterocycles. The molecule has 1 saturated carbocycles. The van der Waals surface area contributed by atoms with Crippen molar-refractivity contribution in [3.63, 3.8) is 0 Å². The highest BCUT2D eigenvalue weighted by Crippen LogP contribution is 2.23. The van der Waals surface area contributed by atoms with E-state index in [0.717, 1.165) is 50.5 Å². The number of hydrogen-bond donors (Lipinski definition) is 2. The number of nitrogens with one attached hydrogen (secondary N) is 2. The Kier molecular flexibility index (Phi) is 8.28. The number of benzene rings is 1. The van der Waals surface area contributed by atoms with Crippen molar-refractivity contribution in [1.82, 2.24) is 20.2 Å². The maximum absolute atomic E-state index is 12.2. The van der Waals surface area contributed by atoms with Gasteiger partial charge in [0.1, 0.15) is 0 Å². The number of imidazole rings is 1. The minimum absolute atomic E-state index is 0.314. The lowest BCUT2D eigenvalue weighted by molar-refractivity contribution is 0.413. The summed E-state index contributed by atoms with van der Waals surface area (Å²) in [6.07, 6.45) is 9.89. The molecule has 1 fully saturated rings. The van der Waals surface area contributed by atoms with Gasteiger partial charge in [0, 0.05) is 53.3 Å². The molecule has 1 aromatic carbocycles. The summed E-state index contributed by atoms with van der Waals surface area (Å²) in [5, 5.41) is 7.25. The summed E-state index contributed by atoms with van der Waals surface area (Å²) in [5.41, 5.74) is 2.43. The molecule has 0 bridgehead atoms. The lowest BCUT2D eigenvalue weighted by atomic mass is 9.95. The second-order valence-corrected chi connectivity index (χ2v) is 9.55. The Balaban J connectivity index is 1.61. The molecule has 1 aliphatic carbocycles. The first-order valence-electron chi connectivity index (χ1n) is 10.6. The van der Waals surface area contributed by atoms with Crippen LogP contribution in [0, 0.1) is 0 Å². The number of hydrogen-bond acceptors (Lipinski definition) is 3. The van der Waals surface area contributed by atoms with Crippen molar-refractivity contribution in [2.75, 3.05) is 12.3 Å². The van der Waals surface area contributed by atoms with Crippen LogP contribution in [0.15, 0.2) is 48.0 Å². The molecule has 0 spiro atoms. The van der Waals surface area contributed by atoms with E-state index in [1.807, 2.05) is 19.4 Å². The quantitative estimate of drug-likeness (QED) is 0.513. The van der Waals surface area contributed by atoms with Crippen molar-refractivity contribution >= 4 is 16.8 Å². The first kappa shape index (κ1) is 21.6. The summed E-state index contributed by atoms with van der Waals surface area (Å²) < 4.78 is 14.3. The third kappa shape index (κ3) is 6.70. The first-order valence-corrected chi connectivity index (χ1v) is 12.0. The highest BCUT2D eigenvalue weighted by atomic mass is 32.2. The predicted octanol–water partition coefficient (Wildman–Crippen LogP) is 3.07. The van der Waals surface area contributed by atoms with E-state index in [-0.39, 0.29) is 0 Å². The molecule has 6 nitrogen and oxygen atoms in total. The van der Waals surface area contributed by atoms with Gasteiger partial charge in [0.15, 0.2) is 5.96 Å². The van der Waals surface area contributed by atoms with Crippen LogP contribution >= 0.6 is 0 Å². The molecule has 3 atom stereocenters. The zero-order valence-electron chi connectivity index (χ0n) is 17.5. The number of nitrogens with zero attached hydrogens (tertiary/aromatic N) is 3. The van der Waals surface area contributed by atoms with Gasteiger partial charge in [-0.3, -0.25) is 4.21 Å². The van der Waals surface area contributed by atoms with E-state index in [2.05, 4.69) is 51.4 Å². The molecule has 1 aromatic heterocycles. The fourth-order valence-corrected chi connectivity index (χ4v) is 5.20. The number of guanidine groups is 1. The second kappa shape index (κ2) is 11.1. The summed E-state index contributed by atoms with van der Waals surface area (Å²) in [5.74, 6) is 1.60. The first-order chi connectivity index (χ1) is 14.2.